The summed E-state index contributed by atoms with van der Waals surface area (Å²) in [5, 5.41) is 9.79. The monoisotopic (exact) mass is 410 g/mol. The fraction of sp³-hybridized carbons (Fsp3) is 0.227. The minimum atomic E-state index is -0.957. The Labute approximate surface area is 171 Å². The van der Waals surface area contributed by atoms with Gasteiger partial charge in [-0.3, -0.25) is 9.59 Å². The fourth-order valence-electron chi connectivity index (χ4n) is 3.63. The molecule has 6 nitrogen and oxygen atoms in total. The Morgan fingerprint density at radius 2 is 1.80 bits per heavy atom. The van der Waals surface area contributed by atoms with Crippen LogP contribution in [0.15, 0.2) is 42.5 Å². The number of amides is 2. The van der Waals surface area contributed by atoms with Crippen molar-refractivity contribution in [2.45, 2.75) is 25.8 Å². The molecule has 2 amide bonds. The lowest BCUT2D eigenvalue weighted by molar-refractivity contribution is 0.0941. The molecule has 0 saturated heterocycles. The first-order chi connectivity index (χ1) is 14.5. The highest BCUT2D eigenvalue weighted by atomic mass is 19.2. The van der Waals surface area contributed by atoms with Crippen LogP contribution in [0.4, 0.5) is 8.78 Å². The van der Waals surface area contributed by atoms with Crippen molar-refractivity contribution in [3.63, 3.8) is 0 Å². The number of carbonyl (C=O) groups excluding carboxylic acids is 2. The molecule has 0 saturated carbocycles. The second-order valence-electron chi connectivity index (χ2n) is 7.10. The smallest absolute Gasteiger partial charge is 0.272 e. The molecule has 0 radical (unpaired) electrons. The Morgan fingerprint density at radius 1 is 1.03 bits per heavy atom. The van der Waals surface area contributed by atoms with Crippen molar-refractivity contribution in [2.75, 3.05) is 7.05 Å². The second-order valence-corrected chi connectivity index (χ2v) is 7.10. The Morgan fingerprint density at radius 3 is 2.50 bits per heavy atom. The molecule has 0 aliphatic heterocycles. The highest BCUT2D eigenvalue weighted by molar-refractivity contribution is 5.95. The standard InChI is InChI=1S/C22H20F2N4O2/c1-25-21(29)14-7-5-13(6-8-14)12-26-22(30)20-16-3-2-4-19(16)28(27-20)15-9-10-17(23)18(24)11-15/h5-11H,2-4,12H2,1H3,(H,25,29)(H,26,30). The largest absolute Gasteiger partial charge is 0.355 e. The molecule has 4 rings (SSSR count). The van der Waals surface area contributed by atoms with Gasteiger partial charge in [-0.05, 0) is 49.1 Å². The zero-order valence-electron chi connectivity index (χ0n) is 16.3. The molecule has 1 aliphatic rings. The molecule has 1 aliphatic carbocycles. The van der Waals surface area contributed by atoms with Gasteiger partial charge in [0.2, 0.25) is 0 Å². The first-order valence-electron chi connectivity index (χ1n) is 9.63. The quantitative estimate of drug-likeness (QED) is 0.679. The molecular formula is C22H20F2N4O2. The third kappa shape index (κ3) is 3.68. The lowest BCUT2D eigenvalue weighted by Gasteiger charge is -2.07. The van der Waals surface area contributed by atoms with Crippen LogP contribution in [-0.2, 0) is 19.4 Å². The molecule has 0 spiro atoms. The van der Waals surface area contributed by atoms with Gasteiger partial charge in [0.15, 0.2) is 17.3 Å². The van der Waals surface area contributed by atoms with Gasteiger partial charge in [0.05, 0.1) is 5.69 Å². The summed E-state index contributed by atoms with van der Waals surface area (Å²) in [5.41, 5.74) is 3.75. The van der Waals surface area contributed by atoms with E-state index in [1.54, 1.807) is 31.3 Å². The van der Waals surface area contributed by atoms with Gasteiger partial charge in [-0.1, -0.05) is 12.1 Å². The predicted molar refractivity (Wildman–Crippen MR) is 107 cm³/mol. The van der Waals surface area contributed by atoms with E-state index in [1.807, 2.05) is 0 Å². The molecule has 0 bridgehead atoms. The van der Waals surface area contributed by atoms with Gasteiger partial charge < -0.3 is 10.6 Å². The number of nitrogens with one attached hydrogen (secondary N) is 2. The molecule has 2 aromatic carbocycles. The molecule has 3 aromatic rings. The van der Waals surface area contributed by atoms with Crippen LogP contribution < -0.4 is 10.6 Å². The van der Waals surface area contributed by atoms with E-state index in [-0.39, 0.29) is 18.4 Å². The summed E-state index contributed by atoms with van der Waals surface area (Å²) in [6.45, 7) is 0.277. The molecule has 1 heterocycles. The van der Waals surface area contributed by atoms with Gasteiger partial charge in [-0.25, -0.2) is 13.5 Å². The van der Waals surface area contributed by atoms with Crippen molar-refractivity contribution in [3.05, 3.63) is 82.2 Å². The van der Waals surface area contributed by atoms with Gasteiger partial charge in [-0.2, -0.15) is 5.10 Å². The fourth-order valence-corrected chi connectivity index (χ4v) is 3.63. The maximum absolute atomic E-state index is 13.7. The van der Waals surface area contributed by atoms with Crippen molar-refractivity contribution in [1.29, 1.82) is 0 Å². The summed E-state index contributed by atoms with van der Waals surface area (Å²) < 4.78 is 28.5. The molecule has 1 aromatic heterocycles. The molecule has 0 fully saturated rings. The molecular weight excluding hydrogens is 390 g/mol. The SMILES string of the molecule is CNC(=O)c1ccc(CNC(=O)c2nn(-c3ccc(F)c(F)c3)c3c2CCC3)cc1. The van der Waals surface area contributed by atoms with Crippen LogP contribution in [0.5, 0.6) is 0 Å². The molecule has 8 heteroatoms. The number of aromatic nitrogens is 2. The Kier molecular flexibility index (Phi) is 5.31. The molecule has 154 valence electrons. The van der Waals surface area contributed by atoms with E-state index in [4.69, 9.17) is 0 Å². The maximum Gasteiger partial charge on any atom is 0.272 e. The molecule has 0 unspecified atom stereocenters. The highest BCUT2D eigenvalue weighted by Gasteiger charge is 2.27. The lowest BCUT2D eigenvalue weighted by atomic mass is 10.1. The minimum absolute atomic E-state index is 0.177. The van der Waals surface area contributed by atoms with Crippen LogP contribution in [0, 0.1) is 11.6 Å². The molecule has 2 N–H and O–H groups in total. The van der Waals surface area contributed by atoms with Crippen molar-refractivity contribution < 1.29 is 18.4 Å². The third-order valence-electron chi connectivity index (χ3n) is 5.19. The number of nitrogens with zero attached hydrogens (tertiary/aromatic N) is 2. The molecule has 0 atom stereocenters. The number of rotatable bonds is 5. The number of hydrogen-bond acceptors (Lipinski definition) is 3. The van der Waals surface area contributed by atoms with Crippen LogP contribution in [-0.4, -0.2) is 28.6 Å². The average Bonchev–Trinajstić information content (AvgIpc) is 3.37. The topological polar surface area (TPSA) is 76.0 Å². The summed E-state index contributed by atoms with van der Waals surface area (Å²) in [7, 11) is 1.56. The Hall–Kier alpha value is -3.55. The minimum Gasteiger partial charge on any atom is -0.355 e. The number of halogens is 2. The van der Waals surface area contributed by atoms with Gasteiger partial charge in [0.1, 0.15) is 0 Å². The normalized spacial score (nSPS) is 12.5. The summed E-state index contributed by atoms with van der Waals surface area (Å²) in [6.07, 6.45) is 2.30. The van der Waals surface area contributed by atoms with Crippen molar-refractivity contribution in [2.24, 2.45) is 0 Å². The maximum atomic E-state index is 13.7. The van der Waals surface area contributed by atoms with Gasteiger partial charge in [0, 0.05) is 36.5 Å². The Bertz CT molecular complexity index is 1120. The van der Waals surface area contributed by atoms with Crippen molar-refractivity contribution in [3.8, 4) is 5.69 Å². The van der Waals surface area contributed by atoms with E-state index < -0.39 is 11.6 Å². The number of hydrogen-bond donors (Lipinski definition) is 2. The summed E-state index contributed by atoms with van der Waals surface area (Å²) in [6, 6.07) is 10.5. The Balaban J connectivity index is 1.53. The van der Waals surface area contributed by atoms with Gasteiger partial charge in [0.25, 0.3) is 11.8 Å². The number of benzene rings is 2. The number of carbonyl (C=O) groups is 2. The van der Waals surface area contributed by atoms with Crippen LogP contribution in [0.25, 0.3) is 5.69 Å². The van der Waals surface area contributed by atoms with Crippen molar-refractivity contribution in [1.82, 2.24) is 20.4 Å². The van der Waals surface area contributed by atoms with E-state index in [2.05, 4.69) is 15.7 Å². The zero-order chi connectivity index (χ0) is 21.3. The first-order valence-corrected chi connectivity index (χ1v) is 9.63. The zero-order valence-corrected chi connectivity index (χ0v) is 16.3. The van der Waals surface area contributed by atoms with Crippen LogP contribution in [0.1, 0.15) is 44.1 Å². The summed E-state index contributed by atoms with van der Waals surface area (Å²) in [4.78, 5) is 24.4. The van der Waals surface area contributed by atoms with Crippen molar-refractivity contribution >= 4 is 11.8 Å². The highest BCUT2D eigenvalue weighted by Crippen LogP contribution is 2.28. The summed E-state index contributed by atoms with van der Waals surface area (Å²) >= 11 is 0. The van der Waals surface area contributed by atoms with E-state index in [9.17, 15) is 18.4 Å². The van der Waals surface area contributed by atoms with Crippen LogP contribution in [0.2, 0.25) is 0 Å². The first kappa shape index (κ1) is 19.8. The number of fused-ring (bicyclic) bond motifs is 1. The van der Waals surface area contributed by atoms with Crippen LogP contribution in [0.3, 0.4) is 0 Å². The lowest BCUT2D eigenvalue weighted by Crippen LogP contribution is -2.24. The van der Waals surface area contributed by atoms with E-state index in [0.29, 0.717) is 23.4 Å². The van der Waals surface area contributed by atoms with Gasteiger partial charge in [-0.15, -0.1) is 0 Å². The third-order valence-corrected chi connectivity index (χ3v) is 5.19. The van der Waals surface area contributed by atoms with E-state index >= 15 is 0 Å². The summed E-state index contributed by atoms with van der Waals surface area (Å²) in [5.74, 6) is -2.39. The van der Waals surface area contributed by atoms with Crippen LogP contribution >= 0.6 is 0 Å². The second kappa shape index (κ2) is 8.06. The predicted octanol–water partition coefficient (Wildman–Crippen LogP) is 2.93. The van der Waals surface area contributed by atoms with E-state index in [0.717, 1.165) is 41.8 Å². The van der Waals surface area contributed by atoms with Gasteiger partial charge >= 0.3 is 0 Å². The average molecular weight is 410 g/mol. The molecule has 30 heavy (non-hydrogen) atoms. The van der Waals surface area contributed by atoms with E-state index in [1.165, 1.54) is 10.7 Å².